The van der Waals surface area contributed by atoms with Gasteiger partial charge in [0.05, 0.1) is 10.9 Å². The van der Waals surface area contributed by atoms with Gasteiger partial charge in [-0.05, 0) is 25.7 Å². The summed E-state index contributed by atoms with van der Waals surface area (Å²) in [5.41, 5.74) is 0. The molecular formula is C10H17ClO3S. The second-order valence-electron chi connectivity index (χ2n) is 4.67. The molecule has 2 atom stereocenters. The van der Waals surface area contributed by atoms with E-state index >= 15 is 0 Å². The molecule has 2 saturated carbocycles. The van der Waals surface area contributed by atoms with E-state index in [4.69, 9.17) is 15.4 Å². The van der Waals surface area contributed by atoms with E-state index in [1.54, 1.807) is 7.11 Å². The van der Waals surface area contributed by atoms with Crippen LogP contribution in [0.5, 0.6) is 0 Å². The van der Waals surface area contributed by atoms with Crippen LogP contribution in [0.1, 0.15) is 38.5 Å². The van der Waals surface area contributed by atoms with Crippen molar-refractivity contribution in [1.29, 1.82) is 0 Å². The largest absolute Gasteiger partial charge is 0.381 e. The highest BCUT2D eigenvalue weighted by Crippen LogP contribution is 2.55. The van der Waals surface area contributed by atoms with Gasteiger partial charge in [0.2, 0.25) is 9.05 Å². The lowest BCUT2D eigenvalue weighted by Crippen LogP contribution is -2.40. The zero-order valence-electron chi connectivity index (χ0n) is 8.91. The molecule has 88 valence electrons. The minimum atomic E-state index is -3.44. The lowest BCUT2D eigenvalue weighted by atomic mass is 9.82. The van der Waals surface area contributed by atoms with Crippen molar-refractivity contribution in [2.75, 3.05) is 7.11 Å². The van der Waals surface area contributed by atoms with Crippen molar-refractivity contribution in [3.8, 4) is 0 Å². The Hall–Kier alpha value is 0.200. The number of hydrogen-bond acceptors (Lipinski definition) is 3. The Morgan fingerprint density at radius 3 is 2.33 bits per heavy atom. The van der Waals surface area contributed by atoms with Gasteiger partial charge in [0.15, 0.2) is 0 Å². The maximum Gasteiger partial charge on any atom is 0.238 e. The Labute approximate surface area is 95.6 Å². The molecular weight excluding hydrogens is 236 g/mol. The van der Waals surface area contributed by atoms with E-state index in [0.717, 1.165) is 25.7 Å². The molecule has 0 saturated heterocycles. The van der Waals surface area contributed by atoms with Crippen molar-refractivity contribution in [3.05, 3.63) is 0 Å². The second-order valence-corrected chi connectivity index (χ2v) is 7.58. The van der Waals surface area contributed by atoms with Crippen LogP contribution in [0.4, 0.5) is 0 Å². The smallest absolute Gasteiger partial charge is 0.238 e. The molecule has 0 N–H and O–H groups in total. The van der Waals surface area contributed by atoms with Gasteiger partial charge in [0.25, 0.3) is 0 Å². The van der Waals surface area contributed by atoms with E-state index in [2.05, 4.69) is 0 Å². The molecule has 2 unspecified atom stereocenters. The second kappa shape index (κ2) is 3.90. The van der Waals surface area contributed by atoms with Crippen molar-refractivity contribution in [1.82, 2.24) is 0 Å². The number of methoxy groups -OCH3 is 1. The summed E-state index contributed by atoms with van der Waals surface area (Å²) in [6.45, 7) is 0. The van der Waals surface area contributed by atoms with Crippen LogP contribution in [0.25, 0.3) is 0 Å². The summed E-state index contributed by atoms with van der Waals surface area (Å²) in [5, 5.41) is 0. The molecule has 2 rings (SSSR count). The summed E-state index contributed by atoms with van der Waals surface area (Å²) in [7, 11) is 3.78. The fraction of sp³-hybridized carbons (Fsp3) is 1.00. The molecule has 2 fully saturated rings. The van der Waals surface area contributed by atoms with Crippen LogP contribution in [0, 0.1) is 5.92 Å². The Kier molecular flexibility index (Phi) is 3.03. The lowest BCUT2D eigenvalue weighted by molar-refractivity contribution is 0.0191. The summed E-state index contributed by atoms with van der Waals surface area (Å²) >= 11 is 0. The van der Waals surface area contributed by atoms with Crippen LogP contribution in [0.3, 0.4) is 0 Å². The van der Waals surface area contributed by atoms with E-state index in [-0.39, 0.29) is 12.0 Å². The van der Waals surface area contributed by atoms with Crippen LogP contribution in [-0.4, -0.2) is 26.4 Å². The minimum absolute atomic E-state index is 0.0785. The number of rotatable bonds is 3. The van der Waals surface area contributed by atoms with E-state index in [1.165, 1.54) is 0 Å². The summed E-state index contributed by atoms with van der Waals surface area (Å²) in [6, 6.07) is 0. The molecule has 0 spiro atoms. The minimum Gasteiger partial charge on any atom is -0.381 e. The Balaban J connectivity index is 2.22. The Morgan fingerprint density at radius 2 is 1.87 bits per heavy atom. The first-order valence-electron chi connectivity index (χ1n) is 5.48. The molecule has 2 aliphatic rings. The van der Waals surface area contributed by atoms with Gasteiger partial charge in [-0.1, -0.05) is 12.8 Å². The van der Waals surface area contributed by atoms with Gasteiger partial charge in [0, 0.05) is 23.7 Å². The molecule has 0 amide bonds. The molecule has 3 nitrogen and oxygen atoms in total. The first-order chi connectivity index (χ1) is 7.01. The Morgan fingerprint density at radius 1 is 1.27 bits per heavy atom. The van der Waals surface area contributed by atoms with Crippen LogP contribution in [0.2, 0.25) is 0 Å². The van der Waals surface area contributed by atoms with E-state index in [9.17, 15) is 8.42 Å². The van der Waals surface area contributed by atoms with E-state index in [1.807, 2.05) is 0 Å². The molecule has 5 heteroatoms. The van der Waals surface area contributed by atoms with Crippen molar-refractivity contribution in [2.24, 2.45) is 5.92 Å². The highest BCUT2D eigenvalue weighted by atomic mass is 35.7. The number of ether oxygens (including phenoxy) is 1. The van der Waals surface area contributed by atoms with Gasteiger partial charge < -0.3 is 4.74 Å². The number of hydrogen-bond donors (Lipinski definition) is 0. The molecule has 0 aliphatic heterocycles. The van der Waals surface area contributed by atoms with E-state index < -0.39 is 13.8 Å². The molecule has 0 aromatic rings. The van der Waals surface area contributed by atoms with Gasteiger partial charge in [-0.15, -0.1) is 0 Å². The molecule has 2 aliphatic carbocycles. The van der Waals surface area contributed by atoms with Crippen LogP contribution in [-0.2, 0) is 13.8 Å². The molecule has 0 radical (unpaired) electrons. The lowest BCUT2D eigenvalue weighted by Gasteiger charge is -2.35. The third-order valence-corrected chi connectivity index (χ3v) is 6.51. The van der Waals surface area contributed by atoms with Crippen molar-refractivity contribution >= 4 is 19.7 Å². The monoisotopic (exact) mass is 252 g/mol. The predicted octanol–water partition coefficient (Wildman–Crippen LogP) is 2.29. The third-order valence-electron chi connectivity index (χ3n) is 3.91. The standard InChI is InChI=1S/C10H17ClO3S/c1-14-9-5-3-2-4-8(9)10(6-7-10)15(11,12)13/h8-9H,2-7H2,1H3. The predicted molar refractivity (Wildman–Crippen MR) is 59.5 cm³/mol. The average Bonchev–Trinajstić information content (AvgIpc) is 2.97. The first-order valence-corrected chi connectivity index (χ1v) is 7.79. The van der Waals surface area contributed by atoms with Crippen LogP contribution < -0.4 is 0 Å². The molecule has 0 aromatic carbocycles. The summed E-state index contributed by atoms with van der Waals surface area (Å²) < 4.78 is 27.9. The van der Waals surface area contributed by atoms with Crippen LogP contribution in [0.15, 0.2) is 0 Å². The molecule has 0 bridgehead atoms. The fourth-order valence-corrected chi connectivity index (χ4v) is 4.93. The van der Waals surface area contributed by atoms with Gasteiger partial charge in [-0.2, -0.15) is 0 Å². The highest BCUT2D eigenvalue weighted by Gasteiger charge is 2.61. The van der Waals surface area contributed by atoms with Crippen molar-refractivity contribution < 1.29 is 13.2 Å². The van der Waals surface area contributed by atoms with E-state index in [0.29, 0.717) is 12.8 Å². The van der Waals surface area contributed by atoms with Crippen LogP contribution >= 0.6 is 10.7 Å². The van der Waals surface area contributed by atoms with Gasteiger partial charge in [0.1, 0.15) is 0 Å². The summed E-state index contributed by atoms with van der Waals surface area (Å²) in [4.78, 5) is 0. The number of halogens is 1. The summed E-state index contributed by atoms with van der Waals surface area (Å²) in [5.74, 6) is 0.110. The maximum absolute atomic E-state index is 11.6. The average molecular weight is 253 g/mol. The van der Waals surface area contributed by atoms with Gasteiger partial charge in [-0.3, -0.25) is 0 Å². The third kappa shape index (κ3) is 1.92. The maximum atomic E-state index is 11.6. The molecule has 0 aromatic heterocycles. The van der Waals surface area contributed by atoms with Crippen molar-refractivity contribution in [3.63, 3.8) is 0 Å². The quantitative estimate of drug-likeness (QED) is 0.724. The Bertz CT molecular complexity index is 335. The van der Waals surface area contributed by atoms with Crippen molar-refractivity contribution in [2.45, 2.75) is 49.4 Å². The fourth-order valence-electron chi connectivity index (χ4n) is 2.90. The normalized spacial score (nSPS) is 35.1. The zero-order valence-corrected chi connectivity index (χ0v) is 10.5. The summed E-state index contributed by atoms with van der Waals surface area (Å²) in [6.07, 6.45) is 5.63. The first kappa shape index (κ1) is 11.7. The highest BCUT2D eigenvalue weighted by molar-refractivity contribution is 8.15. The molecule has 0 heterocycles. The van der Waals surface area contributed by atoms with Gasteiger partial charge in [-0.25, -0.2) is 8.42 Å². The topological polar surface area (TPSA) is 43.4 Å². The molecule has 15 heavy (non-hydrogen) atoms. The zero-order chi connectivity index (χ0) is 11.1. The SMILES string of the molecule is COC1CCCCC1C1(S(=O)(=O)Cl)CC1. The van der Waals surface area contributed by atoms with Gasteiger partial charge >= 0.3 is 0 Å².